The lowest BCUT2D eigenvalue weighted by Crippen LogP contribution is -2.42. The van der Waals surface area contributed by atoms with Crippen LogP contribution < -0.4 is 0 Å². The smallest absolute Gasteiger partial charge is 0.247 e. The number of nitrogens with zero attached hydrogens (tertiary/aromatic N) is 4. The number of hydrogen-bond donors (Lipinski definition) is 0. The van der Waals surface area contributed by atoms with Gasteiger partial charge in [-0.15, -0.1) is 0 Å². The Kier molecular flexibility index (Phi) is 5.61. The molecule has 1 aromatic carbocycles. The first-order valence-corrected chi connectivity index (χ1v) is 9.14. The number of carbonyl (C=O) groups is 2. The minimum absolute atomic E-state index is 0.0215. The molecule has 2 atom stereocenters. The molecular weight excluding hydrogens is 352 g/mol. The third kappa shape index (κ3) is 3.90. The number of amides is 2. The average molecular weight is 375 g/mol. The quantitative estimate of drug-likeness (QED) is 0.808. The van der Waals surface area contributed by atoms with Crippen LogP contribution in [-0.4, -0.2) is 51.5 Å². The molecule has 138 valence electrons. The molecule has 2 amide bonds. The van der Waals surface area contributed by atoms with Crippen molar-refractivity contribution in [2.75, 3.05) is 20.1 Å². The van der Waals surface area contributed by atoms with E-state index < -0.39 is 6.04 Å². The second kappa shape index (κ2) is 7.91. The molecule has 6 nitrogen and oxygen atoms in total. The number of rotatable bonds is 5. The predicted octanol–water partition coefficient (Wildman–Crippen LogP) is 2.92. The molecule has 0 radical (unpaired) electrons. The fourth-order valence-corrected chi connectivity index (χ4v) is 3.64. The van der Waals surface area contributed by atoms with Crippen LogP contribution in [0.1, 0.15) is 37.4 Å². The van der Waals surface area contributed by atoms with Gasteiger partial charge >= 0.3 is 0 Å². The number of hydrogen-bond acceptors (Lipinski definition) is 3. The lowest BCUT2D eigenvalue weighted by Gasteiger charge is -2.28. The van der Waals surface area contributed by atoms with Crippen LogP contribution in [0.15, 0.2) is 42.7 Å². The first-order chi connectivity index (χ1) is 12.5. The Bertz CT molecular complexity index is 778. The summed E-state index contributed by atoms with van der Waals surface area (Å²) in [6.45, 7) is 2.54. The topological polar surface area (TPSA) is 58.4 Å². The van der Waals surface area contributed by atoms with Crippen molar-refractivity contribution in [1.82, 2.24) is 19.6 Å². The van der Waals surface area contributed by atoms with Crippen LogP contribution in [0.4, 0.5) is 0 Å². The van der Waals surface area contributed by atoms with E-state index in [0.29, 0.717) is 11.6 Å². The molecule has 1 fully saturated rings. The van der Waals surface area contributed by atoms with Gasteiger partial charge in [0.2, 0.25) is 11.8 Å². The van der Waals surface area contributed by atoms with E-state index in [0.717, 1.165) is 18.4 Å². The zero-order valence-corrected chi connectivity index (χ0v) is 15.8. The highest BCUT2D eigenvalue weighted by Gasteiger charge is 2.31. The number of likely N-dealkylation sites (tertiary alicyclic amines) is 1. The number of benzene rings is 1. The SMILES string of the molecule is CC(C(=O)N(C)CC(=O)N1CCCC1c1cccc(Cl)c1)n1cccn1. The van der Waals surface area contributed by atoms with Gasteiger partial charge in [-0.2, -0.15) is 5.10 Å². The van der Waals surface area contributed by atoms with Crippen LogP contribution >= 0.6 is 11.6 Å². The maximum absolute atomic E-state index is 12.8. The molecule has 1 aliphatic heterocycles. The molecule has 0 saturated carbocycles. The highest BCUT2D eigenvalue weighted by atomic mass is 35.5. The van der Waals surface area contributed by atoms with Crippen molar-refractivity contribution in [2.24, 2.45) is 0 Å². The summed E-state index contributed by atoms with van der Waals surface area (Å²) >= 11 is 6.10. The first-order valence-electron chi connectivity index (χ1n) is 8.76. The average Bonchev–Trinajstić information content (AvgIpc) is 3.31. The molecule has 1 aromatic heterocycles. The van der Waals surface area contributed by atoms with E-state index >= 15 is 0 Å². The second-order valence-electron chi connectivity index (χ2n) is 6.66. The fourth-order valence-electron chi connectivity index (χ4n) is 3.44. The number of carbonyl (C=O) groups excluding carboxylic acids is 2. The van der Waals surface area contributed by atoms with Gasteiger partial charge in [-0.05, 0) is 43.5 Å². The van der Waals surface area contributed by atoms with E-state index in [1.54, 1.807) is 37.1 Å². The van der Waals surface area contributed by atoms with Gasteiger partial charge < -0.3 is 9.80 Å². The predicted molar refractivity (Wildman–Crippen MR) is 99.7 cm³/mol. The Morgan fingerprint density at radius 3 is 2.88 bits per heavy atom. The Morgan fingerprint density at radius 2 is 2.19 bits per heavy atom. The lowest BCUT2D eigenvalue weighted by atomic mass is 10.0. The molecule has 0 aliphatic carbocycles. The molecule has 3 rings (SSSR count). The van der Waals surface area contributed by atoms with E-state index in [9.17, 15) is 9.59 Å². The molecule has 0 N–H and O–H groups in total. The molecule has 0 bridgehead atoms. The Morgan fingerprint density at radius 1 is 1.38 bits per heavy atom. The molecule has 7 heteroatoms. The number of likely N-dealkylation sites (N-methyl/N-ethyl adjacent to an activating group) is 1. The van der Waals surface area contributed by atoms with E-state index in [4.69, 9.17) is 11.6 Å². The van der Waals surface area contributed by atoms with Crippen LogP contribution in [-0.2, 0) is 9.59 Å². The Balaban J connectivity index is 1.65. The molecule has 26 heavy (non-hydrogen) atoms. The summed E-state index contributed by atoms with van der Waals surface area (Å²) in [6.07, 6.45) is 5.24. The second-order valence-corrected chi connectivity index (χ2v) is 7.09. The van der Waals surface area contributed by atoms with Gasteiger partial charge in [-0.1, -0.05) is 23.7 Å². The van der Waals surface area contributed by atoms with Gasteiger partial charge in [0, 0.05) is 31.0 Å². The Labute approximate surface area is 158 Å². The van der Waals surface area contributed by atoms with Crippen LogP contribution in [0.3, 0.4) is 0 Å². The zero-order chi connectivity index (χ0) is 18.7. The summed E-state index contributed by atoms with van der Waals surface area (Å²) in [7, 11) is 1.66. The van der Waals surface area contributed by atoms with Gasteiger partial charge in [0.05, 0.1) is 12.6 Å². The van der Waals surface area contributed by atoms with E-state index in [1.165, 1.54) is 4.90 Å². The molecule has 0 spiro atoms. The van der Waals surface area contributed by atoms with Crippen LogP contribution in [0.25, 0.3) is 0 Å². The largest absolute Gasteiger partial charge is 0.335 e. The fraction of sp³-hybridized carbons (Fsp3) is 0.421. The molecule has 1 saturated heterocycles. The van der Waals surface area contributed by atoms with Crippen LogP contribution in [0.5, 0.6) is 0 Å². The summed E-state index contributed by atoms with van der Waals surface area (Å²) in [5, 5.41) is 4.77. The lowest BCUT2D eigenvalue weighted by molar-refractivity contribution is -0.141. The number of aromatic nitrogens is 2. The van der Waals surface area contributed by atoms with Gasteiger partial charge in [0.25, 0.3) is 0 Å². The van der Waals surface area contributed by atoms with Crippen molar-refractivity contribution in [3.63, 3.8) is 0 Å². The highest BCUT2D eigenvalue weighted by molar-refractivity contribution is 6.30. The van der Waals surface area contributed by atoms with Crippen LogP contribution in [0.2, 0.25) is 5.02 Å². The minimum atomic E-state index is -0.440. The molecule has 1 aliphatic rings. The van der Waals surface area contributed by atoms with E-state index in [2.05, 4.69) is 5.10 Å². The van der Waals surface area contributed by atoms with Crippen molar-refractivity contribution < 1.29 is 9.59 Å². The van der Waals surface area contributed by atoms with Crippen molar-refractivity contribution in [2.45, 2.75) is 31.8 Å². The maximum atomic E-state index is 12.8. The zero-order valence-electron chi connectivity index (χ0n) is 15.0. The molecule has 2 heterocycles. The molecule has 2 aromatic rings. The van der Waals surface area contributed by atoms with Crippen molar-refractivity contribution in [3.05, 3.63) is 53.3 Å². The minimum Gasteiger partial charge on any atom is -0.335 e. The summed E-state index contributed by atoms with van der Waals surface area (Å²) in [5.41, 5.74) is 1.04. The van der Waals surface area contributed by atoms with Gasteiger partial charge in [0.1, 0.15) is 6.04 Å². The van der Waals surface area contributed by atoms with Crippen molar-refractivity contribution >= 4 is 23.4 Å². The van der Waals surface area contributed by atoms with Crippen molar-refractivity contribution in [3.8, 4) is 0 Å². The molecule has 2 unspecified atom stereocenters. The first kappa shape index (κ1) is 18.5. The maximum Gasteiger partial charge on any atom is 0.247 e. The summed E-state index contributed by atoms with van der Waals surface area (Å²) in [6, 6.07) is 8.99. The highest BCUT2D eigenvalue weighted by Crippen LogP contribution is 2.33. The van der Waals surface area contributed by atoms with Gasteiger partial charge in [-0.3, -0.25) is 14.3 Å². The number of halogens is 1. The summed E-state index contributed by atoms with van der Waals surface area (Å²) in [5.74, 6) is -0.184. The van der Waals surface area contributed by atoms with Gasteiger partial charge in [0.15, 0.2) is 0 Å². The standard InChI is InChI=1S/C19H23ClN4O2/c1-14(24-11-5-9-21-24)19(26)22(2)13-18(25)23-10-4-8-17(23)15-6-3-7-16(20)12-15/h3,5-7,9,11-12,14,17H,4,8,10,13H2,1-2H3. The van der Waals surface area contributed by atoms with Crippen LogP contribution in [0, 0.1) is 0 Å². The third-order valence-electron chi connectivity index (χ3n) is 4.83. The summed E-state index contributed by atoms with van der Waals surface area (Å²) < 4.78 is 1.59. The van der Waals surface area contributed by atoms with E-state index in [1.807, 2.05) is 29.2 Å². The Hall–Kier alpha value is -2.34. The van der Waals surface area contributed by atoms with E-state index in [-0.39, 0.29) is 24.4 Å². The summed E-state index contributed by atoms with van der Waals surface area (Å²) in [4.78, 5) is 28.7. The monoisotopic (exact) mass is 374 g/mol. The molecular formula is C19H23ClN4O2. The van der Waals surface area contributed by atoms with Gasteiger partial charge in [-0.25, -0.2) is 0 Å². The van der Waals surface area contributed by atoms with Crippen molar-refractivity contribution in [1.29, 1.82) is 0 Å². The third-order valence-corrected chi connectivity index (χ3v) is 5.07. The normalized spacial score (nSPS) is 18.0.